The van der Waals surface area contributed by atoms with Gasteiger partial charge in [-0.15, -0.1) is 0 Å². The van der Waals surface area contributed by atoms with Crippen molar-refractivity contribution >= 4 is 16.5 Å². The Hall–Kier alpha value is -2.83. The molecule has 25 heavy (non-hydrogen) atoms. The second-order valence-electron chi connectivity index (χ2n) is 6.44. The third-order valence-electron chi connectivity index (χ3n) is 4.84. The summed E-state index contributed by atoms with van der Waals surface area (Å²) in [5.74, 6) is 0. The summed E-state index contributed by atoms with van der Waals surface area (Å²) in [5.41, 5.74) is 3.14. The van der Waals surface area contributed by atoms with Crippen LogP contribution in [0.2, 0.25) is 0 Å². The highest BCUT2D eigenvalue weighted by Crippen LogP contribution is 2.32. The first-order valence-corrected chi connectivity index (χ1v) is 8.67. The molecule has 0 radical (unpaired) electrons. The summed E-state index contributed by atoms with van der Waals surface area (Å²) in [4.78, 5) is 2.37. The average molecular weight is 328 g/mol. The van der Waals surface area contributed by atoms with Crippen molar-refractivity contribution in [2.45, 2.75) is 19.1 Å². The first kappa shape index (κ1) is 15.7. The van der Waals surface area contributed by atoms with Crippen LogP contribution in [0.1, 0.15) is 17.5 Å². The molecule has 0 bridgehead atoms. The smallest absolute Gasteiger partial charge is 0.0998 e. The number of hydrogen-bond donors (Lipinski definition) is 0. The average Bonchev–Trinajstić information content (AvgIpc) is 3.15. The Labute approximate surface area is 148 Å². The van der Waals surface area contributed by atoms with Crippen LogP contribution in [0.4, 0.5) is 5.69 Å². The largest absolute Gasteiger partial charge is 0.372 e. The van der Waals surface area contributed by atoms with E-state index >= 15 is 0 Å². The number of nitriles is 1. The van der Waals surface area contributed by atoms with Crippen LogP contribution in [0.3, 0.4) is 0 Å². The molecule has 0 saturated carbocycles. The highest BCUT2D eigenvalue weighted by Gasteiger charge is 2.24. The van der Waals surface area contributed by atoms with Crippen LogP contribution in [0, 0.1) is 11.3 Å². The molecule has 1 aliphatic heterocycles. The van der Waals surface area contributed by atoms with E-state index in [2.05, 4.69) is 35.2 Å². The second kappa shape index (κ2) is 6.96. The lowest BCUT2D eigenvalue weighted by Gasteiger charge is -2.21. The van der Waals surface area contributed by atoms with Gasteiger partial charge in [-0.25, -0.2) is 0 Å². The molecule has 3 heteroatoms. The summed E-state index contributed by atoms with van der Waals surface area (Å²) in [5, 5.41) is 11.5. The molecule has 3 aromatic rings. The molecule has 1 saturated heterocycles. The number of anilines is 1. The maximum atomic E-state index is 9.33. The summed E-state index contributed by atoms with van der Waals surface area (Å²) in [6, 6.07) is 24.7. The van der Waals surface area contributed by atoms with Gasteiger partial charge in [-0.2, -0.15) is 5.26 Å². The summed E-state index contributed by atoms with van der Waals surface area (Å²) in [7, 11) is 0. The Morgan fingerprint density at radius 3 is 2.52 bits per heavy atom. The topological polar surface area (TPSA) is 36.3 Å². The van der Waals surface area contributed by atoms with Crippen LogP contribution in [-0.2, 0) is 11.3 Å². The standard InChI is InChI=1S/C22H20N2O/c23-14-18-10-11-22(21-9-5-4-8-20(18)21)24-13-12-19(15-24)25-16-17-6-2-1-3-7-17/h1-11,19H,12-13,15-16H2. The number of ether oxygens (including phenoxy) is 1. The fraction of sp³-hybridized carbons (Fsp3) is 0.227. The number of nitrogens with zero attached hydrogens (tertiary/aromatic N) is 2. The van der Waals surface area contributed by atoms with Crippen molar-refractivity contribution < 1.29 is 4.74 Å². The molecule has 1 aliphatic rings. The molecule has 0 aliphatic carbocycles. The summed E-state index contributed by atoms with van der Waals surface area (Å²) in [6.45, 7) is 2.53. The fourth-order valence-corrected chi connectivity index (χ4v) is 3.53. The first-order valence-electron chi connectivity index (χ1n) is 8.67. The molecular weight excluding hydrogens is 308 g/mol. The Morgan fingerprint density at radius 1 is 0.960 bits per heavy atom. The molecule has 3 nitrogen and oxygen atoms in total. The van der Waals surface area contributed by atoms with Crippen LogP contribution in [0.5, 0.6) is 0 Å². The highest BCUT2D eigenvalue weighted by molar-refractivity contribution is 5.97. The van der Waals surface area contributed by atoms with Crippen molar-refractivity contribution in [3.8, 4) is 6.07 Å². The predicted molar refractivity (Wildman–Crippen MR) is 101 cm³/mol. The van der Waals surface area contributed by atoms with Gasteiger partial charge in [-0.1, -0.05) is 54.6 Å². The Bertz CT molecular complexity index is 914. The van der Waals surface area contributed by atoms with E-state index in [-0.39, 0.29) is 6.10 Å². The minimum absolute atomic E-state index is 0.245. The van der Waals surface area contributed by atoms with Gasteiger partial charge in [0.1, 0.15) is 0 Å². The molecular formula is C22H20N2O. The van der Waals surface area contributed by atoms with Crippen molar-refractivity contribution in [1.82, 2.24) is 0 Å². The van der Waals surface area contributed by atoms with Gasteiger partial charge in [0.25, 0.3) is 0 Å². The Balaban J connectivity index is 1.51. The molecule has 4 rings (SSSR count). The van der Waals surface area contributed by atoms with Gasteiger partial charge in [0.2, 0.25) is 0 Å². The Morgan fingerprint density at radius 2 is 1.72 bits per heavy atom. The third-order valence-corrected chi connectivity index (χ3v) is 4.84. The van der Waals surface area contributed by atoms with Crippen LogP contribution in [0.25, 0.3) is 10.8 Å². The quantitative estimate of drug-likeness (QED) is 0.707. The normalized spacial score (nSPS) is 16.9. The zero-order valence-corrected chi connectivity index (χ0v) is 14.1. The van der Waals surface area contributed by atoms with E-state index in [1.807, 2.05) is 42.5 Å². The minimum atomic E-state index is 0.245. The molecule has 1 atom stereocenters. The van der Waals surface area contributed by atoms with Crippen LogP contribution in [0.15, 0.2) is 66.7 Å². The molecule has 1 unspecified atom stereocenters. The fourth-order valence-electron chi connectivity index (χ4n) is 3.53. The summed E-state index contributed by atoms with van der Waals surface area (Å²) in [6.07, 6.45) is 1.27. The maximum absolute atomic E-state index is 9.33. The highest BCUT2D eigenvalue weighted by atomic mass is 16.5. The van der Waals surface area contributed by atoms with E-state index in [4.69, 9.17) is 4.74 Å². The van der Waals surface area contributed by atoms with Crippen LogP contribution < -0.4 is 4.90 Å². The van der Waals surface area contributed by atoms with E-state index in [0.717, 1.165) is 35.8 Å². The lowest BCUT2D eigenvalue weighted by Crippen LogP contribution is -2.23. The molecule has 1 heterocycles. The summed E-state index contributed by atoms with van der Waals surface area (Å²) >= 11 is 0. The van der Waals surface area contributed by atoms with E-state index < -0.39 is 0 Å². The van der Waals surface area contributed by atoms with Gasteiger partial charge in [-0.05, 0) is 24.1 Å². The SMILES string of the molecule is N#Cc1ccc(N2CCC(OCc3ccccc3)C2)c2ccccc12. The van der Waals surface area contributed by atoms with Gasteiger partial charge < -0.3 is 9.64 Å². The van der Waals surface area contributed by atoms with E-state index in [1.54, 1.807) is 0 Å². The lowest BCUT2D eigenvalue weighted by atomic mass is 10.0. The molecule has 0 spiro atoms. The molecule has 0 aromatic heterocycles. The number of fused-ring (bicyclic) bond motifs is 1. The van der Waals surface area contributed by atoms with Crippen molar-refractivity contribution in [3.05, 3.63) is 77.9 Å². The van der Waals surface area contributed by atoms with Gasteiger partial charge in [0.05, 0.1) is 24.3 Å². The van der Waals surface area contributed by atoms with Crippen molar-refractivity contribution in [2.75, 3.05) is 18.0 Å². The van der Waals surface area contributed by atoms with Gasteiger partial charge in [-0.3, -0.25) is 0 Å². The number of hydrogen-bond acceptors (Lipinski definition) is 3. The second-order valence-corrected chi connectivity index (χ2v) is 6.44. The summed E-state index contributed by atoms with van der Waals surface area (Å²) < 4.78 is 6.10. The lowest BCUT2D eigenvalue weighted by molar-refractivity contribution is 0.0553. The van der Waals surface area contributed by atoms with Crippen molar-refractivity contribution in [2.24, 2.45) is 0 Å². The number of benzene rings is 3. The molecule has 0 amide bonds. The molecule has 0 N–H and O–H groups in total. The van der Waals surface area contributed by atoms with E-state index in [1.165, 1.54) is 11.3 Å². The zero-order chi connectivity index (χ0) is 17.1. The first-order chi connectivity index (χ1) is 12.3. The zero-order valence-electron chi connectivity index (χ0n) is 14.1. The minimum Gasteiger partial charge on any atom is -0.372 e. The molecule has 1 fully saturated rings. The number of rotatable bonds is 4. The Kier molecular flexibility index (Phi) is 4.37. The van der Waals surface area contributed by atoms with Crippen molar-refractivity contribution in [3.63, 3.8) is 0 Å². The molecule has 3 aromatic carbocycles. The van der Waals surface area contributed by atoms with Gasteiger partial charge in [0, 0.05) is 29.5 Å². The monoisotopic (exact) mass is 328 g/mol. The third kappa shape index (κ3) is 3.22. The van der Waals surface area contributed by atoms with Gasteiger partial charge in [0.15, 0.2) is 0 Å². The van der Waals surface area contributed by atoms with E-state index in [0.29, 0.717) is 6.61 Å². The predicted octanol–water partition coefficient (Wildman–Crippen LogP) is 4.51. The van der Waals surface area contributed by atoms with Crippen LogP contribution >= 0.6 is 0 Å². The van der Waals surface area contributed by atoms with Crippen LogP contribution in [-0.4, -0.2) is 19.2 Å². The van der Waals surface area contributed by atoms with Crippen molar-refractivity contribution in [1.29, 1.82) is 5.26 Å². The molecule has 124 valence electrons. The maximum Gasteiger partial charge on any atom is 0.0998 e. The van der Waals surface area contributed by atoms with E-state index in [9.17, 15) is 5.26 Å². The van der Waals surface area contributed by atoms with Gasteiger partial charge >= 0.3 is 0 Å².